The Kier molecular flexibility index (Phi) is 4.77. The Morgan fingerprint density at radius 2 is 2.07 bits per heavy atom. The van der Waals surface area contributed by atoms with E-state index in [2.05, 4.69) is 26.8 Å². The standard InChI is InChI=1S/C20H23N5O2/c1-24-8-5-15(6-9-24)25-13-16(27-19-4-2-3-7-22-19)10-14-11-17(20(21)26)23-12-18(14)25/h2-4,7,10-12,15H,5-6,8-9,13H2,1H3,(H2,21,26). The quantitative estimate of drug-likeness (QED) is 0.891. The van der Waals surface area contributed by atoms with Gasteiger partial charge in [-0.3, -0.25) is 4.79 Å². The molecule has 2 aliphatic rings. The number of fused-ring (bicyclic) bond motifs is 1. The lowest BCUT2D eigenvalue weighted by Crippen LogP contribution is -2.46. The molecule has 0 unspecified atom stereocenters. The fourth-order valence-corrected chi connectivity index (χ4v) is 3.66. The molecule has 2 aliphatic heterocycles. The van der Waals surface area contributed by atoms with Crippen LogP contribution < -0.4 is 15.4 Å². The number of hydrogen-bond donors (Lipinski definition) is 1. The van der Waals surface area contributed by atoms with E-state index in [-0.39, 0.29) is 5.69 Å². The van der Waals surface area contributed by atoms with Gasteiger partial charge in [-0.15, -0.1) is 0 Å². The maximum Gasteiger partial charge on any atom is 0.267 e. The Bertz CT molecular complexity index is 860. The summed E-state index contributed by atoms with van der Waals surface area (Å²) >= 11 is 0. The predicted octanol–water partition coefficient (Wildman–Crippen LogP) is 1.91. The smallest absolute Gasteiger partial charge is 0.267 e. The van der Waals surface area contributed by atoms with Crippen LogP contribution >= 0.6 is 0 Å². The van der Waals surface area contributed by atoms with Crippen molar-refractivity contribution in [2.75, 3.05) is 31.6 Å². The molecule has 140 valence electrons. The summed E-state index contributed by atoms with van der Waals surface area (Å²) in [7, 11) is 2.15. The van der Waals surface area contributed by atoms with Gasteiger partial charge in [0.25, 0.3) is 5.91 Å². The van der Waals surface area contributed by atoms with Gasteiger partial charge in [-0.05, 0) is 51.2 Å². The van der Waals surface area contributed by atoms with Crippen molar-refractivity contribution >= 4 is 17.7 Å². The maximum atomic E-state index is 11.6. The van der Waals surface area contributed by atoms with Crippen molar-refractivity contribution in [3.8, 4) is 5.88 Å². The van der Waals surface area contributed by atoms with Crippen LogP contribution in [-0.2, 0) is 0 Å². The largest absolute Gasteiger partial charge is 0.441 e. The molecule has 0 radical (unpaired) electrons. The third-order valence-corrected chi connectivity index (χ3v) is 5.12. The van der Waals surface area contributed by atoms with E-state index in [1.165, 1.54) is 0 Å². The Morgan fingerprint density at radius 3 is 2.78 bits per heavy atom. The molecule has 0 saturated carbocycles. The summed E-state index contributed by atoms with van der Waals surface area (Å²) in [6.45, 7) is 2.77. The molecule has 7 nitrogen and oxygen atoms in total. The van der Waals surface area contributed by atoms with Crippen LogP contribution in [0.15, 0.2) is 42.4 Å². The number of ether oxygens (including phenoxy) is 1. The van der Waals surface area contributed by atoms with Gasteiger partial charge in [-0.1, -0.05) is 6.07 Å². The first-order valence-electron chi connectivity index (χ1n) is 9.14. The van der Waals surface area contributed by atoms with Crippen LogP contribution in [0, 0.1) is 0 Å². The molecule has 27 heavy (non-hydrogen) atoms. The highest BCUT2D eigenvalue weighted by Gasteiger charge is 2.29. The second kappa shape index (κ2) is 7.36. The molecule has 7 heteroatoms. The number of hydrogen-bond acceptors (Lipinski definition) is 6. The van der Waals surface area contributed by atoms with Crippen molar-refractivity contribution in [2.45, 2.75) is 18.9 Å². The number of primary amides is 1. The van der Waals surface area contributed by atoms with Gasteiger partial charge < -0.3 is 20.3 Å². The van der Waals surface area contributed by atoms with Crippen LogP contribution in [0.25, 0.3) is 6.08 Å². The molecule has 4 heterocycles. The molecule has 2 aromatic heterocycles. The molecular formula is C20H23N5O2. The highest BCUT2D eigenvalue weighted by molar-refractivity contribution is 5.92. The Labute approximate surface area is 158 Å². The van der Waals surface area contributed by atoms with Gasteiger partial charge in [0.2, 0.25) is 5.88 Å². The molecule has 0 aliphatic carbocycles. The van der Waals surface area contributed by atoms with E-state index < -0.39 is 5.91 Å². The van der Waals surface area contributed by atoms with Crippen LogP contribution in [0.5, 0.6) is 5.88 Å². The van der Waals surface area contributed by atoms with Gasteiger partial charge in [0.05, 0.1) is 18.4 Å². The number of rotatable bonds is 4. The fourth-order valence-electron chi connectivity index (χ4n) is 3.66. The molecular weight excluding hydrogens is 342 g/mol. The number of carbonyl (C=O) groups excluding carboxylic acids is 1. The molecule has 0 atom stereocenters. The Morgan fingerprint density at radius 1 is 1.26 bits per heavy atom. The van der Waals surface area contributed by atoms with E-state index in [0.29, 0.717) is 18.5 Å². The highest BCUT2D eigenvalue weighted by Crippen LogP contribution is 2.33. The van der Waals surface area contributed by atoms with E-state index in [1.807, 2.05) is 24.3 Å². The number of carbonyl (C=O) groups is 1. The van der Waals surface area contributed by atoms with Crippen LogP contribution in [0.2, 0.25) is 0 Å². The number of piperidine rings is 1. The van der Waals surface area contributed by atoms with Crippen molar-refractivity contribution in [3.05, 3.63) is 53.7 Å². The number of pyridine rings is 2. The van der Waals surface area contributed by atoms with Crippen molar-refractivity contribution in [3.63, 3.8) is 0 Å². The van der Waals surface area contributed by atoms with Crippen LogP contribution in [0.3, 0.4) is 0 Å². The third-order valence-electron chi connectivity index (χ3n) is 5.12. The van der Waals surface area contributed by atoms with Gasteiger partial charge >= 0.3 is 0 Å². The minimum atomic E-state index is -0.533. The van der Waals surface area contributed by atoms with Gasteiger partial charge in [0.1, 0.15) is 11.5 Å². The Hall–Kier alpha value is -2.93. The number of likely N-dealkylation sites (tertiary alicyclic amines) is 1. The summed E-state index contributed by atoms with van der Waals surface area (Å²) in [5, 5.41) is 0. The number of anilines is 1. The summed E-state index contributed by atoms with van der Waals surface area (Å²) < 4.78 is 6.02. The lowest BCUT2D eigenvalue weighted by molar-refractivity contribution is 0.0995. The monoisotopic (exact) mass is 365 g/mol. The first-order valence-corrected chi connectivity index (χ1v) is 9.14. The van der Waals surface area contributed by atoms with E-state index >= 15 is 0 Å². The van der Waals surface area contributed by atoms with E-state index in [9.17, 15) is 4.79 Å². The summed E-state index contributed by atoms with van der Waals surface area (Å²) in [6.07, 6.45) is 7.55. The highest BCUT2D eigenvalue weighted by atomic mass is 16.5. The normalized spacial score (nSPS) is 18.0. The summed E-state index contributed by atoms with van der Waals surface area (Å²) in [5.74, 6) is 0.816. The number of aromatic nitrogens is 2. The van der Waals surface area contributed by atoms with Gasteiger partial charge in [-0.2, -0.15) is 0 Å². The molecule has 1 fully saturated rings. The summed E-state index contributed by atoms with van der Waals surface area (Å²) in [5.41, 5.74) is 7.59. The van der Waals surface area contributed by atoms with E-state index in [0.717, 1.165) is 42.9 Å². The number of nitrogens with two attached hydrogens (primary N) is 1. The zero-order chi connectivity index (χ0) is 18.8. The first kappa shape index (κ1) is 17.5. The van der Waals surface area contributed by atoms with Gasteiger partial charge in [-0.25, -0.2) is 9.97 Å². The average Bonchev–Trinajstić information content (AvgIpc) is 2.68. The molecule has 1 saturated heterocycles. The zero-order valence-corrected chi connectivity index (χ0v) is 15.3. The topological polar surface area (TPSA) is 84.6 Å². The second-order valence-electron chi connectivity index (χ2n) is 7.04. The first-order chi connectivity index (χ1) is 13.1. The van der Waals surface area contributed by atoms with Crippen LogP contribution in [-0.4, -0.2) is 53.5 Å². The summed E-state index contributed by atoms with van der Waals surface area (Å²) in [6, 6.07) is 7.71. The molecule has 0 spiro atoms. The predicted molar refractivity (Wildman–Crippen MR) is 103 cm³/mol. The van der Waals surface area contributed by atoms with Crippen molar-refractivity contribution in [1.82, 2.24) is 14.9 Å². The maximum absolute atomic E-state index is 11.6. The molecule has 0 aromatic carbocycles. The zero-order valence-electron chi connectivity index (χ0n) is 15.3. The van der Waals surface area contributed by atoms with E-state index in [4.69, 9.17) is 10.5 Å². The molecule has 0 bridgehead atoms. The fraction of sp³-hybridized carbons (Fsp3) is 0.350. The Balaban J connectivity index is 1.67. The SMILES string of the molecule is CN1CCC(N2CC(Oc3ccccn3)=Cc3cc(C(N)=O)ncc32)CC1. The van der Waals surface area contributed by atoms with E-state index in [1.54, 1.807) is 18.5 Å². The van der Waals surface area contributed by atoms with Gasteiger partial charge in [0, 0.05) is 23.9 Å². The van der Waals surface area contributed by atoms with Crippen molar-refractivity contribution in [1.29, 1.82) is 0 Å². The molecule has 2 aromatic rings. The minimum Gasteiger partial charge on any atom is -0.441 e. The minimum absolute atomic E-state index is 0.257. The summed E-state index contributed by atoms with van der Waals surface area (Å²) in [4.78, 5) is 24.7. The van der Waals surface area contributed by atoms with Crippen LogP contribution in [0.1, 0.15) is 28.9 Å². The number of nitrogens with zero attached hydrogens (tertiary/aromatic N) is 4. The lowest BCUT2D eigenvalue weighted by atomic mass is 9.99. The average molecular weight is 365 g/mol. The van der Waals surface area contributed by atoms with Crippen molar-refractivity contribution in [2.24, 2.45) is 5.73 Å². The molecule has 1 amide bonds. The number of amides is 1. The van der Waals surface area contributed by atoms with Gasteiger partial charge in [0.15, 0.2) is 0 Å². The molecule has 2 N–H and O–H groups in total. The third kappa shape index (κ3) is 3.78. The molecule has 4 rings (SSSR count). The van der Waals surface area contributed by atoms with Crippen LogP contribution in [0.4, 0.5) is 5.69 Å². The van der Waals surface area contributed by atoms with Crippen molar-refractivity contribution < 1.29 is 9.53 Å². The second-order valence-corrected chi connectivity index (χ2v) is 7.04. The lowest BCUT2D eigenvalue weighted by Gasteiger charge is -2.41.